The topological polar surface area (TPSA) is 84.8 Å². The fourth-order valence-electron chi connectivity index (χ4n) is 4.10. The number of H-pyrrole nitrogens is 1. The largest absolute Gasteiger partial charge is 0.376 e. The van der Waals surface area contributed by atoms with E-state index in [0.29, 0.717) is 13.1 Å². The Bertz CT molecular complexity index is 1240. The van der Waals surface area contributed by atoms with E-state index in [-0.39, 0.29) is 17.8 Å². The van der Waals surface area contributed by atoms with Crippen LogP contribution in [0, 0.1) is 6.92 Å². The smallest absolute Gasteiger partial charge is 0.230 e. The molecule has 1 unspecified atom stereocenters. The molecule has 0 radical (unpaired) electrons. The molecule has 1 amide bonds. The summed E-state index contributed by atoms with van der Waals surface area (Å²) in [7, 11) is 0. The maximum absolute atomic E-state index is 12.5. The highest BCUT2D eigenvalue weighted by molar-refractivity contribution is 7.99. The van der Waals surface area contributed by atoms with Gasteiger partial charge in [-0.05, 0) is 31.4 Å². The van der Waals surface area contributed by atoms with Gasteiger partial charge in [0.1, 0.15) is 0 Å². The van der Waals surface area contributed by atoms with Gasteiger partial charge in [0.05, 0.1) is 18.4 Å². The van der Waals surface area contributed by atoms with Gasteiger partial charge in [0.2, 0.25) is 5.91 Å². The summed E-state index contributed by atoms with van der Waals surface area (Å²) in [6.07, 6.45) is 4.20. The van der Waals surface area contributed by atoms with Gasteiger partial charge in [0.25, 0.3) is 0 Å². The molecule has 2 aromatic heterocycles. The summed E-state index contributed by atoms with van der Waals surface area (Å²) in [5.41, 5.74) is 4.36. The number of aryl methyl sites for hydroxylation is 1. The Labute approximate surface area is 196 Å². The third-order valence-corrected chi connectivity index (χ3v) is 6.87. The van der Waals surface area contributed by atoms with E-state index >= 15 is 0 Å². The Balaban J connectivity index is 1.32. The number of para-hydroxylation sites is 1. The summed E-state index contributed by atoms with van der Waals surface area (Å²) in [6, 6.07) is 16.3. The standard InChI is InChI=1S/C25H27N5O2S/c1-17-8-10-18(11-9-17)13-27-23(31)16-33-25-29-28-24(30(25)15-19-5-4-12-32-19)21-14-26-22-7-3-2-6-20(21)22/h2-3,6-11,14,19,26H,4-5,12-13,15-16H2,1H3,(H,27,31). The first-order valence-electron chi connectivity index (χ1n) is 11.2. The highest BCUT2D eigenvalue weighted by atomic mass is 32.2. The molecule has 2 N–H and O–H groups in total. The number of nitrogens with one attached hydrogen (secondary N) is 2. The lowest BCUT2D eigenvalue weighted by molar-refractivity contribution is -0.118. The summed E-state index contributed by atoms with van der Waals surface area (Å²) < 4.78 is 7.99. The second-order valence-electron chi connectivity index (χ2n) is 8.35. The molecule has 1 saturated heterocycles. The molecule has 33 heavy (non-hydrogen) atoms. The summed E-state index contributed by atoms with van der Waals surface area (Å²) in [6.45, 7) is 4.04. The van der Waals surface area contributed by atoms with Gasteiger partial charge in [0.15, 0.2) is 11.0 Å². The van der Waals surface area contributed by atoms with Crippen molar-refractivity contribution in [2.24, 2.45) is 0 Å². The van der Waals surface area contributed by atoms with Gasteiger partial charge in [0, 0.05) is 35.8 Å². The maximum Gasteiger partial charge on any atom is 0.230 e. The zero-order valence-electron chi connectivity index (χ0n) is 18.6. The SMILES string of the molecule is Cc1ccc(CNC(=O)CSc2nnc(-c3c[nH]c4ccccc34)n2CC2CCCO2)cc1. The lowest BCUT2D eigenvalue weighted by Gasteiger charge is -2.14. The van der Waals surface area contributed by atoms with Gasteiger partial charge >= 0.3 is 0 Å². The number of hydrogen-bond donors (Lipinski definition) is 2. The Hall–Kier alpha value is -3.10. The molecule has 7 nitrogen and oxygen atoms in total. The number of carbonyl (C=O) groups is 1. The number of aromatic amines is 1. The van der Waals surface area contributed by atoms with Crippen molar-refractivity contribution in [2.75, 3.05) is 12.4 Å². The number of aromatic nitrogens is 4. The molecular weight excluding hydrogens is 434 g/mol. The second kappa shape index (κ2) is 9.80. The van der Waals surface area contributed by atoms with Crippen molar-refractivity contribution in [3.8, 4) is 11.4 Å². The van der Waals surface area contributed by atoms with Crippen molar-refractivity contribution >= 4 is 28.6 Å². The molecule has 1 atom stereocenters. The highest BCUT2D eigenvalue weighted by Crippen LogP contribution is 2.31. The van der Waals surface area contributed by atoms with E-state index in [0.717, 1.165) is 52.5 Å². The predicted octanol–water partition coefficient (Wildman–Crippen LogP) is 4.32. The Morgan fingerprint density at radius 3 is 2.88 bits per heavy atom. The number of benzene rings is 2. The number of thioether (sulfide) groups is 1. The fourth-order valence-corrected chi connectivity index (χ4v) is 4.87. The first-order valence-corrected chi connectivity index (χ1v) is 12.2. The average Bonchev–Trinajstić information content (AvgIpc) is 3.58. The average molecular weight is 462 g/mol. The first kappa shape index (κ1) is 21.7. The molecular formula is C25H27N5O2S. The number of hydrogen-bond acceptors (Lipinski definition) is 5. The van der Waals surface area contributed by atoms with Crippen molar-refractivity contribution in [3.63, 3.8) is 0 Å². The minimum absolute atomic E-state index is 0.0270. The summed E-state index contributed by atoms with van der Waals surface area (Å²) >= 11 is 1.41. The summed E-state index contributed by atoms with van der Waals surface area (Å²) in [4.78, 5) is 15.8. The van der Waals surface area contributed by atoms with Crippen LogP contribution in [0.3, 0.4) is 0 Å². The van der Waals surface area contributed by atoms with Crippen LogP contribution in [0.25, 0.3) is 22.3 Å². The highest BCUT2D eigenvalue weighted by Gasteiger charge is 2.23. The number of ether oxygens (including phenoxy) is 1. The quantitative estimate of drug-likeness (QED) is 0.382. The number of amides is 1. The minimum atomic E-state index is -0.0270. The molecule has 4 aromatic rings. The van der Waals surface area contributed by atoms with Crippen molar-refractivity contribution in [1.82, 2.24) is 25.1 Å². The molecule has 8 heteroatoms. The molecule has 2 aromatic carbocycles. The Morgan fingerprint density at radius 1 is 1.21 bits per heavy atom. The van der Waals surface area contributed by atoms with E-state index in [4.69, 9.17) is 4.74 Å². The number of fused-ring (bicyclic) bond motifs is 1. The van der Waals surface area contributed by atoms with Crippen molar-refractivity contribution < 1.29 is 9.53 Å². The van der Waals surface area contributed by atoms with E-state index in [2.05, 4.69) is 50.2 Å². The number of carbonyl (C=O) groups excluding carboxylic acids is 1. The molecule has 0 saturated carbocycles. The zero-order chi connectivity index (χ0) is 22.6. The van der Waals surface area contributed by atoms with Crippen LogP contribution in [-0.4, -0.2) is 44.1 Å². The molecule has 170 valence electrons. The van der Waals surface area contributed by atoms with Crippen LogP contribution in [0.5, 0.6) is 0 Å². The van der Waals surface area contributed by atoms with Gasteiger partial charge in [-0.25, -0.2) is 0 Å². The monoisotopic (exact) mass is 461 g/mol. The molecule has 0 bridgehead atoms. The van der Waals surface area contributed by atoms with Gasteiger partial charge in [-0.1, -0.05) is 59.8 Å². The third-order valence-electron chi connectivity index (χ3n) is 5.90. The molecule has 0 aliphatic carbocycles. The fraction of sp³-hybridized carbons (Fsp3) is 0.320. The van der Waals surface area contributed by atoms with E-state index in [1.165, 1.54) is 17.3 Å². The normalized spacial score (nSPS) is 15.8. The first-order chi connectivity index (χ1) is 16.2. The van der Waals surface area contributed by atoms with Crippen molar-refractivity contribution in [3.05, 3.63) is 65.9 Å². The Morgan fingerprint density at radius 2 is 2.06 bits per heavy atom. The second-order valence-corrected chi connectivity index (χ2v) is 9.29. The lowest BCUT2D eigenvalue weighted by atomic mass is 10.1. The van der Waals surface area contributed by atoms with Gasteiger partial charge in [-0.3, -0.25) is 9.36 Å². The van der Waals surface area contributed by atoms with Crippen LogP contribution in [0.2, 0.25) is 0 Å². The van der Waals surface area contributed by atoms with Gasteiger partial charge in [-0.2, -0.15) is 0 Å². The number of nitrogens with zero attached hydrogens (tertiary/aromatic N) is 3. The van der Waals surface area contributed by atoms with Crippen LogP contribution in [0.4, 0.5) is 0 Å². The van der Waals surface area contributed by atoms with Gasteiger partial charge in [-0.15, -0.1) is 10.2 Å². The van der Waals surface area contributed by atoms with Gasteiger partial charge < -0.3 is 15.0 Å². The number of rotatable bonds is 8. The molecule has 3 heterocycles. The lowest BCUT2D eigenvalue weighted by Crippen LogP contribution is -2.25. The van der Waals surface area contributed by atoms with E-state index < -0.39 is 0 Å². The van der Waals surface area contributed by atoms with Crippen LogP contribution in [0.1, 0.15) is 24.0 Å². The summed E-state index contributed by atoms with van der Waals surface area (Å²) in [5, 5.41) is 13.8. The van der Waals surface area contributed by atoms with E-state index in [1.807, 2.05) is 36.5 Å². The third kappa shape index (κ3) is 4.96. The van der Waals surface area contributed by atoms with E-state index in [9.17, 15) is 4.79 Å². The van der Waals surface area contributed by atoms with Crippen LogP contribution >= 0.6 is 11.8 Å². The zero-order valence-corrected chi connectivity index (χ0v) is 19.4. The summed E-state index contributed by atoms with van der Waals surface area (Å²) in [5.74, 6) is 1.05. The predicted molar refractivity (Wildman–Crippen MR) is 130 cm³/mol. The maximum atomic E-state index is 12.5. The molecule has 1 aliphatic heterocycles. The molecule has 1 aliphatic rings. The van der Waals surface area contributed by atoms with Crippen molar-refractivity contribution in [2.45, 2.75) is 44.1 Å². The van der Waals surface area contributed by atoms with E-state index in [1.54, 1.807) is 0 Å². The van der Waals surface area contributed by atoms with Crippen molar-refractivity contribution in [1.29, 1.82) is 0 Å². The molecule has 1 fully saturated rings. The minimum Gasteiger partial charge on any atom is -0.376 e. The molecule has 0 spiro atoms. The van der Waals surface area contributed by atoms with Crippen LogP contribution in [-0.2, 0) is 22.6 Å². The van der Waals surface area contributed by atoms with Crippen LogP contribution in [0.15, 0.2) is 59.9 Å². The molecule has 5 rings (SSSR count). The Kier molecular flexibility index (Phi) is 6.46. The van der Waals surface area contributed by atoms with Crippen LogP contribution < -0.4 is 5.32 Å².